The number of aliphatic hydroxyl groups excluding tert-OH is 1. The number of aromatic nitrogens is 1. The summed E-state index contributed by atoms with van der Waals surface area (Å²) in [5.74, 6) is -1.77. The second-order valence-corrected chi connectivity index (χ2v) is 8.50. The first kappa shape index (κ1) is 22.0. The molecule has 0 bridgehead atoms. The highest BCUT2D eigenvalue weighted by Crippen LogP contribution is 2.36. The van der Waals surface area contributed by atoms with Gasteiger partial charge in [0.2, 0.25) is 4.90 Å². The Morgan fingerprint density at radius 1 is 1.58 bits per heavy atom. The van der Waals surface area contributed by atoms with Crippen molar-refractivity contribution in [2.24, 2.45) is 12.5 Å². The molecular formula is C20H18FN4O5S+. The van der Waals surface area contributed by atoms with Crippen LogP contribution in [0.1, 0.15) is 23.0 Å². The van der Waals surface area contributed by atoms with E-state index in [9.17, 15) is 22.7 Å². The summed E-state index contributed by atoms with van der Waals surface area (Å²) >= 11 is 0. The third kappa shape index (κ3) is 3.89. The fraction of sp³-hybridized carbons (Fsp3) is 0.250. The first-order chi connectivity index (χ1) is 14.5. The van der Waals surface area contributed by atoms with Crippen molar-refractivity contribution in [3.05, 3.63) is 58.4 Å². The molecule has 0 saturated carbocycles. The van der Waals surface area contributed by atoms with Crippen molar-refractivity contribution in [2.45, 2.75) is 17.9 Å². The van der Waals surface area contributed by atoms with Gasteiger partial charge in [0, 0.05) is 18.9 Å². The number of hydrogen-bond donors (Lipinski definition) is 2. The Balaban J connectivity index is 2.07. The molecule has 11 heteroatoms. The van der Waals surface area contributed by atoms with E-state index < -0.39 is 33.3 Å². The molecule has 160 valence electrons. The van der Waals surface area contributed by atoms with Gasteiger partial charge >= 0.3 is 16.1 Å². The Morgan fingerprint density at radius 3 is 2.90 bits per heavy atom. The van der Waals surface area contributed by atoms with E-state index >= 15 is 0 Å². The molecule has 2 N–H and O–H groups in total. The van der Waals surface area contributed by atoms with Crippen molar-refractivity contribution in [3.63, 3.8) is 0 Å². The largest absolute Gasteiger partial charge is 0.515 e. The molecule has 0 fully saturated rings. The van der Waals surface area contributed by atoms with Gasteiger partial charge < -0.3 is 19.7 Å². The number of nitriles is 1. The summed E-state index contributed by atoms with van der Waals surface area (Å²) in [6.07, 6.45) is 1.31. The van der Waals surface area contributed by atoms with Crippen LogP contribution in [0.5, 0.6) is 5.75 Å². The zero-order chi connectivity index (χ0) is 23.0. The summed E-state index contributed by atoms with van der Waals surface area (Å²) in [7, 11) is -2.87. The van der Waals surface area contributed by atoms with Crippen molar-refractivity contribution >= 4 is 21.6 Å². The average Bonchev–Trinajstić information content (AvgIpc) is 3.05. The van der Waals surface area contributed by atoms with Crippen molar-refractivity contribution in [1.29, 1.82) is 5.26 Å². The molecular weight excluding hydrogens is 427 g/mol. The molecule has 1 unspecified atom stereocenters. The number of fused-ring (bicyclic) bond motifs is 1. The third-order valence-electron chi connectivity index (χ3n) is 4.88. The molecule has 1 aliphatic rings. The number of aryl methyl sites for hydroxylation is 1. The molecule has 31 heavy (non-hydrogen) atoms. The van der Waals surface area contributed by atoms with Crippen LogP contribution in [0.25, 0.3) is 4.25 Å². The highest BCUT2D eigenvalue weighted by atomic mass is 32.2. The first-order valence-corrected chi connectivity index (χ1v) is 10.4. The van der Waals surface area contributed by atoms with E-state index in [-0.39, 0.29) is 34.2 Å². The molecule has 3 rings (SSSR count). The Bertz CT molecular complexity index is 1300. The zero-order valence-corrected chi connectivity index (χ0v) is 17.4. The highest BCUT2D eigenvalue weighted by molar-refractivity contribution is 7.93. The van der Waals surface area contributed by atoms with E-state index in [4.69, 9.17) is 10.00 Å². The van der Waals surface area contributed by atoms with Gasteiger partial charge in [0.1, 0.15) is 18.5 Å². The van der Waals surface area contributed by atoms with Crippen molar-refractivity contribution in [2.75, 3.05) is 11.9 Å². The Hall–Kier alpha value is -3.67. The lowest BCUT2D eigenvalue weighted by molar-refractivity contribution is 0.0725. The monoisotopic (exact) mass is 445 g/mol. The Labute approximate surface area is 177 Å². The highest BCUT2D eigenvalue weighted by Gasteiger charge is 2.45. The van der Waals surface area contributed by atoms with E-state index in [0.29, 0.717) is 0 Å². The quantitative estimate of drug-likeness (QED) is 0.696. The van der Waals surface area contributed by atoms with Gasteiger partial charge in [0.25, 0.3) is 5.91 Å². The molecule has 0 radical (unpaired) electrons. The zero-order valence-electron chi connectivity index (χ0n) is 16.6. The van der Waals surface area contributed by atoms with Gasteiger partial charge in [-0.15, -0.1) is 15.0 Å². The smallest absolute Gasteiger partial charge is 0.487 e. The van der Waals surface area contributed by atoms with Gasteiger partial charge in [0.15, 0.2) is 16.9 Å². The number of sulfonamides is 1. The maximum absolute atomic E-state index is 13.5. The number of amides is 1. The number of halogens is 1. The predicted molar refractivity (Wildman–Crippen MR) is 109 cm³/mol. The van der Waals surface area contributed by atoms with Gasteiger partial charge in [-0.1, -0.05) is 6.08 Å². The van der Waals surface area contributed by atoms with Crippen LogP contribution in [0, 0.1) is 28.6 Å². The summed E-state index contributed by atoms with van der Waals surface area (Å²) in [5, 5.41) is 21.6. The lowest BCUT2D eigenvalue weighted by Crippen LogP contribution is -2.36. The van der Waals surface area contributed by atoms with E-state index in [0.717, 1.165) is 12.1 Å². The molecule has 2 atom stereocenters. The van der Waals surface area contributed by atoms with Crippen molar-refractivity contribution in [1.82, 2.24) is 4.57 Å². The number of aliphatic hydroxyl groups is 1. The number of benzene rings is 1. The number of nitrogens with zero attached hydrogens (tertiary/aromatic N) is 3. The minimum atomic E-state index is -4.30. The summed E-state index contributed by atoms with van der Waals surface area (Å²) in [4.78, 5) is 12.6. The fourth-order valence-corrected chi connectivity index (χ4v) is 4.02. The molecule has 0 spiro atoms. The van der Waals surface area contributed by atoms with Crippen LogP contribution in [0.2, 0.25) is 0 Å². The number of carbonyl (C=O) groups excluding carboxylic acids is 1. The molecule has 1 aromatic carbocycles. The van der Waals surface area contributed by atoms with Crippen LogP contribution in [0.4, 0.5) is 10.1 Å². The summed E-state index contributed by atoms with van der Waals surface area (Å²) in [6, 6.07) is 7.50. The predicted octanol–water partition coefficient (Wildman–Crippen LogP) is 2.26. The lowest BCUT2D eigenvalue weighted by Gasteiger charge is -2.23. The molecule has 1 aliphatic heterocycles. The maximum atomic E-state index is 13.5. The average molecular weight is 445 g/mol. The van der Waals surface area contributed by atoms with Crippen LogP contribution in [0.3, 0.4) is 0 Å². The van der Waals surface area contributed by atoms with Crippen LogP contribution >= 0.6 is 0 Å². The topological polar surface area (TPSA) is 126 Å². The number of rotatable bonds is 4. The number of ether oxygens (including phenoxy) is 1. The van der Waals surface area contributed by atoms with Crippen LogP contribution in [-0.4, -0.2) is 36.7 Å². The fourth-order valence-electron chi connectivity index (χ4n) is 2.95. The second kappa shape index (κ2) is 7.87. The van der Waals surface area contributed by atoms with Crippen LogP contribution in [-0.2, 0) is 17.1 Å². The van der Waals surface area contributed by atoms with Gasteiger partial charge in [0.05, 0.1) is 15.9 Å². The summed E-state index contributed by atoms with van der Waals surface area (Å²) in [6.45, 7) is 4.72. The molecule has 2 heterocycles. The number of anilines is 1. The van der Waals surface area contributed by atoms with E-state index in [1.807, 2.05) is 0 Å². The maximum Gasteiger partial charge on any atom is 0.515 e. The molecule has 0 saturated heterocycles. The lowest BCUT2D eigenvalue weighted by atomic mass is 9.85. The van der Waals surface area contributed by atoms with Crippen LogP contribution in [0.15, 0.2) is 41.9 Å². The molecule has 1 aromatic heterocycles. The molecule has 2 aromatic rings. The van der Waals surface area contributed by atoms with Gasteiger partial charge in [-0.05, 0) is 25.1 Å². The summed E-state index contributed by atoms with van der Waals surface area (Å²) < 4.78 is 49.4. The number of nitrogens with one attached hydrogen (secondary N) is 1. The Morgan fingerprint density at radius 2 is 2.29 bits per heavy atom. The second-order valence-electron chi connectivity index (χ2n) is 6.93. The van der Waals surface area contributed by atoms with E-state index in [1.165, 1.54) is 36.9 Å². The summed E-state index contributed by atoms with van der Waals surface area (Å²) in [5.41, 5.74) is -1.71. The normalized spacial score (nSPS) is 19.8. The van der Waals surface area contributed by atoms with Crippen LogP contribution < -0.4 is 10.1 Å². The number of carbonyl (C=O) groups is 1. The van der Waals surface area contributed by atoms with E-state index in [1.54, 1.807) is 6.07 Å². The third-order valence-corrected chi connectivity index (χ3v) is 6.06. The van der Waals surface area contributed by atoms with Crippen molar-refractivity contribution < 1.29 is 27.4 Å². The minimum absolute atomic E-state index is 0.127. The van der Waals surface area contributed by atoms with Gasteiger partial charge in [-0.2, -0.15) is 5.26 Å². The molecule has 9 nitrogen and oxygen atoms in total. The molecule has 0 aliphatic carbocycles. The SMILES string of the molecule is C=CC1([C@@H](C)O)C#[N+]S(=O)(=O)c2cn(C)c(C(=O)Nc3ccc(F)c(C#N)c3)c2OC1. The van der Waals surface area contributed by atoms with Gasteiger partial charge in [-0.3, -0.25) is 4.79 Å². The Kier molecular flexibility index (Phi) is 5.59. The standard InChI is InChI=1S/C20H17FN4O5S/c1-4-20(12(2)26)10-23-31(28,29)16-9-25(3)17(18(16)30-11-20)19(27)24-14-5-6-15(21)13(7-14)8-22/h4-7,9,12,26H,1,11H2,2-3H3/p+1/t12-,20?/m1/s1. The molecule has 1 amide bonds. The van der Waals surface area contributed by atoms with Crippen molar-refractivity contribution in [3.8, 4) is 17.9 Å². The number of hydrogen-bond acceptors (Lipinski definition) is 6. The van der Waals surface area contributed by atoms with Gasteiger partial charge in [-0.25, -0.2) is 4.39 Å². The minimum Gasteiger partial charge on any atom is -0.487 e. The van der Waals surface area contributed by atoms with E-state index in [2.05, 4.69) is 22.2 Å². The first-order valence-electron chi connectivity index (χ1n) is 8.93.